The third-order valence-corrected chi connectivity index (χ3v) is 3.18. The van der Waals surface area contributed by atoms with Gasteiger partial charge in [-0.15, -0.1) is 0 Å². The summed E-state index contributed by atoms with van der Waals surface area (Å²) in [6, 6.07) is 10.0. The van der Waals surface area contributed by atoms with E-state index in [2.05, 4.69) is 0 Å². The summed E-state index contributed by atoms with van der Waals surface area (Å²) >= 11 is 5.75. The van der Waals surface area contributed by atoms with Gasteiger partial charge in [-0.3, -0.25) is 13.9 Å². The van der Waals surface area contributed by atoms with E-state index in [0.29, 0.717) is 11.1 Å². The van der Waals surface area contributed by atoms with Gasteiger partial charge in [-0.2, -0.15) is 5.26 Å². The molecule has 0 radical (unpaired) electrons. The van der Waals surface area contributed by atoms with E-state index in [-0.39, 0.29) is 11.7 Å². The first-order chi connectivity index (χ1) is 9.04. The van der Waals surface area contributed by atoms with E-state index in [1.165, 1.54) is 17.7 Å². The van der Waals surface area contributed by atoms with Crippen LogP contribution in [0.4, 0.5) is 0 Å². The molecule has 0 fully saturated rings. The van der Waals surface area contributed by atoms with Crippen molar-refractivity contribution in [3.8, 4) is 6.07 Å². The molecule has 0 aliphatic carbocycles. The number of nitriles is 1. The molecule has 1 aromatic carbocycles. The lowest BCUT2D eigenvalue weighted by Crippen LogP contribution is -2.39. The molecule has 0 atom stereocenters. The molecule has 1 heterocycles. The number of rotatable bonds is 2. The Balaban J connectivity index is 2.57. The highest BCUT2D eigenvalue weighted by molar-refractivity contribution is 6.29. The summed E-state index contributed by atoms with van der Waals surface area (Å²) in [4.78, 5) is 23.8. The smallest absolute Gasteiger partial charge is 0.287 e. The van der Waals surface area contributed by atoms with E-state index in [9.17, 15) is 9.59 Å². The van der Waals surface area contributed by atoms with Gasteiger partial charge in [0.05, 0.1) is 18.2 Å². The summed E-state index contributed by atoms with van der Waals surface area (Å²) < 4.78 is 2.22. The molecule has 19 heavy (non-hydrogen) atoms. The van der Waals surface area contributed by atoms with Crippen molar-refractivity contribution < 1.29 is 0 Å². The van der Waals surface area contributed by atoms with Gasteiger partial charge in [-0.05, 0) is 11.6 Å². The molecule has 0 aliphatic rings. The van der Waals surface area contributed by atoms with Crippen LogP contribution in [0.25, 0.3) is 0 Å². The monoisotopic (exact) mass is 275 g/mol. The van der Waals surface area contributed by atoms with Crippen LogP contribution in [-0.4, -0.2) is 9.13 Å². The van der Waals surface area contributed by atoms with Gasteiger partial charge >= 0.3 is 5.69 Å². The second kappa shape index (κ2) is 5.12. The van der Waals surface area contributed by atoms with Crippen LogP contribution in [-0.2, 0) is 13.6 Å². The first-order valence-electron chi connectivity index (χ1n) is 5.49. The average molecular weight is 276 g/mol. The maximum atomic E-state index is 12.0. The molecule has 0 aliphatic heterocycles. The minimum atomic E-state index is -0.509. The van der Waals surface area contributed by atoms with Gasteiger partial charge in [-0.1, -0.05) is 29.8 Å². The summed E-state index contributed by atoms with van der Waals surface area (Å²) in [6.07, 6.45) is 0. The summed E-state index contributed by atoms with van der Waals surface area (Å²) in [5.74, 6) is 0. The largest absolute Gasteiger partial charge is 0.332 e. The predicted molar refractivity (Wildman–Crippen MR) is 71.2 cm³/mol. The van der Waals surface area contributed by atoms with Crippen molar-refractivity contribution >= 4 is 11.6 Å². The Labute approximate surface area is 113 Å². The lowest BCUT2D eigenvalue weighted by molar-refractivity contribution is 0.639. The van der Waals surface area contributed by atoms with Gasteiger partial charge < -0.3 is 0 Å². The first kappa shape index (κ1) is 13.1. The first-order valence-corrected chi connectivity index (χ1v) is 5.86. The zero-order chi connectivity index (χ0) is 14.0. The molecule has 0 spiro atoms. The molecule has 96 valence electrons. The zero-order valence-corrected chi connectivity index (χ0v) is 10.9. The van der Waals surface area contributed by atoms with Crippen molar-refractivity contribution in [2.75, 3.05) is 0 Å². The highest BCUT2D eigenvalue weighted by Gasteiger charge is 2.09. The Bertz CT molecular complexity index is 784. The SMILES string of the molecule is Cn1c(Cl)cc(=O)n(Cc2ccccc2C#N)c1=O. The normalized spacial score (nSPS) is 10.2. The van der Waals surface area contributed by atoms with Crippen molar-refractivity contribution in [3.05, 3.63) is 67.4 Å². The topological polar surface area (TPSA) is 67.8 Å². The molecule has 1 aromatic heterocycles. The quantitative estimate of drug-likeness (QED) is 0.771. The predicted octanol–water partition coefficient (Wildman–Crippen LogP) is 1.12. The van der Waals surface area contributed by atoms with E-state index >= 15 is 0 Å². The van der Waals surface area contributed by atoms with E-state index in [1.54, 1.807) is 24.3 Å². The zero-order valence-electron chi connectivity index (χ0n) is 10.1. The number of hydrogen-bond donors (Lipinski definition) is 0. The van der Waals surface area contributed by atoms with Crippen LogP contribution in [0.15, 0.2) is 39.9 Å². The molecule has 2 rings (SSSR count). The van der Waals surface area contributed by atoms with E-state index in [1.807, 2.05) is 6.07 Å². The van der Waals surface area contributed by atoms with Gasteiger partial charge in [0.25, 0.3) is 5.56 Å². The summed E-state index contributed by atoms with van der Waals surface area (Å²) in [5.41, 5.74) is 0.0593. The molecule has 2 aromatic rings. The standard InChI is InChI=1S/C13H10ClN3O2/c1-16-11(14)6-12(18)17(13(16)19)8-10-5-3-2-4-9(10)7-15/h2-6H,8H2,1H3. The Hall–Kier alpha value is -2.32. The van der Waals surface area contributed by atoms with Crippen LogP contribution in [0.2, 0.25) is 5.15 Å². The highest BCUT2D eigenvalue weighted by atomic mass is 35.5. The molecule has 6 heteroatoms. The summed E-state index contributed by atoms with van der Waals surface area (Å²) in [6.45, 7) is 0.0480. The molecule has 0 bridgehead atoms. The fourth-order valence-corrected chi connectivity index (χ4v) is 1.89. The molecule has 0 saturated heterocycles. The van der Waals surface area contributed by atoms with Crippen molar-refractivity contribution in [1.29, 1.82) is 5.26 Å². The Morgan fingerprint density at radius 3 is 2.68 bits per heavy atom. The lowest BCUT2D eigenvalue weighted by atomic mass is 10.1. The Morgan fingerprint density at radius 1 is 1.32 bits per heavy atom. The molecular weight excluding hydrogens is 266 g/mol. The molecule has 0 amide bonds. The van der Waals surface area contributed by atoms with Crippen LogP contribution in [0, 0.1) is 11.3 Å². The fraction of sp³-hybridized carbons (Fsp3) is 0.154. The minimum absolute atomic E-state index is 0.0480. The van der Waals surface area contributed by atoms with Crippen molar-refractivity contribution in [1.82, 2.24) is 9.13 Å². The van der Waals surface area contributed by atoms with Gasteiger partial charge in [-0.25, -0.2) is 4.79 Å². The maximum Gasteiger partial charge on any atom is 0.332 e. The second-order valence-electron chi connectivity index (χ2n) is 4.00. The van der Waals surface area contributed by atoms with Gasteiger partial charge in [0.2, 0.25) is 0 Å². The number of halogens is 1. The third kappa shape index (κ3) is 2.44. The second-order valence-corrected chi connectivity index (χ2v) is 4.39. The summed E-state index contributed by atoms with van der Waals surface area (Å²) in [7, 11) is 1.48. The van der Waals surface area contributed by atoms with Gasteiger partial charge in [0.15, 0.2) is 0 Å². The fourth-order valence-electron chi connectivity index (χ4n) is 1.73. The molecule has 0 N–H and O–H groups in total. The molecular formula is C13H10ClN3O2. The molecule has 0 unspecified atom stereocenters. The lowest BCUT2D eigenvalue weighted by Gasteiger charge is -2.09. The summed E-state index contributed by atoms with van der Waals surface area (Å²) in [5, 5.41) is 9.08. The van der Waals surface area contributed by atoms with Gasteiger partial charge in [0.1, 0.15) is 5.15 Å². The number of nitrogens with zero attached hydrogens (tertiary/aromatic N) is 3. The van der Waals surface area contributed by atoms with Gasteiger partial charge in [0, 0.05) is 13.1 Å². The minimum Gasteiger partial charge on any atom is -0.287 e. The van der Waals surface area contributed by atoms with Crippen LogP contribution >= 0.6 is 11.6 Å². The van der Waals surface area contributed by atoms with E-state index in [4.69, 9.17) is 16.9 Å². The Morgan fingerprint density at radius 2 is 2.00 bits per heavy atom. The Kier molecular flexibility index (Phi) is 3.54. The van der Waals surface area contributed by atoms with Crippen LogP contribution in [0.3, 0.4) is 0 Å². The molecule has 5 nitrogen and oxygen atoms in total. The van der Waals surface area contributed by atoms with Crippen LogP contribution < -0.4 is 11.2 Å². The van der Waals surface area contributed by atoms with Crippen molar-refractivity contribution in [2.24, 2.45) is 7.05 Å². The average Bonchev–Trinajstić information content (AvgIpc) is 2.41. The highest BCUT2D eigenvalue weighted by Crippen LogP contribution is 2.08. The van der Waals surface area contributed by atoms with E-state index < -0.39 is 11.2 Å². The van der Waals surface area contributed by atoms with Crippen LogP contribution in [0.5, 0.6) is 0 Å². The van der Waals surface area contributed by atoms with Crippen molar-refractivity contribution in [2.45, 2.75) is 6.54 Å². The van der Waals surface area contributed by atoms with Crippen molar-refractivity contribution in [3.63, 3.8) is 0 Å². The third-order valence-electron chi connectivity index (χ3n) is 2.81. The number of hydrogen-bond acceptors (Lipinski definition) is 3. The molecule has 0 saturated carbocycles. The maximum absolute atomic E-state index is 12.0. The number of benzene rings is 1. The van der Waals surface area contributed by atoms with E-state index in [0.717, 1.165) is 4.57 Å². The number of aromatic nitrogens is 2. The van der Waals surface area contributed by atoms with Crippen LogP contribution in [0.1, 0.15) is 11.1 Å².